The second-order valence-electron chi connectivity index (χ2n) is 8.47. The van der Waals surface area contributed by atoms with Crippen molar-refractivity contribution in [3.8, 4) is 11.3 Å². The van der Waals surface area contributed by atoms with Crippen LogP contribution < -0.4 is 10.6 Å². The first-order valence-electron chi connectivity index (χ1n) is 11.4. The van der Waals surface area contributed by atoms with Gasteiger partial charge in [0.2, 0.25) is 5.91 Å². The number of rotatable bonds is 7. The molecule has 1 amide bonds. The fourth-order valence-corrected chi connectivity index (χ4v) is 4.18. The molecule has 0 unspecified atom stereocenters. The normalized spacial score (nSPS) is 14.9. The van der Waals surface area contributed by atoms with E-state index in [9.17, 15) is 9.18 Å². The number of nitrogens with one attached hydrogen (secondary N) is 3. The van der Waals surface area contributed by atoms with Gasteiger partial charge in [0.25, 0.3) is 0 Å². The molecule has 3 heterocycles. The highest BCUT2D eigenvalue weighted by Crippen LogP contribution is 2.27. The van der Waals surface area contributed by atoms with Gasteiger partial charge in [0.05, 0.1) is 11.4 Å². The third-order valence-corrected chi connectivity index (χ3v) is 6.33. The van der Waals surface area contributed by atoms with Gasteiger partial charge >= 0.3 is 0 Å². The maximum atomic E-state index is 14.3. The van der Waals surface area contributed by atoms with E-state index < -0.39 is 5.82 Å². The van der Waals surface area contributed by atoms with Gasteiger partial charge in [0, 0.05) is 54.6 Å². The van der Waals surface area contributed by atoms with Gasteiger partial charge in [-0.2, -0.15) is 5.10 Å². The van der Waals surface area contributed by atoms with Crippen molar-refractivity contribution in [2.24, 2.45) is 0 Å². The zero-order valence-electron chi connectivity index (χ0n) is 19.4. The zero-order valence-corrected chi connectivity index (χ0v) is 20.9. The van der Waals surface area contributed by atoms with Gasteiger partial charge in [-0.05, 0) is 56.9 Å². The molecule has 1 fully saturated rings. The molecule has 1 aromatic carbocycles. The number of hydrogen-bond donors (Lipinski definition) is 3. The molecule has 0 saturated carbocycles. The van der Waals surface area contributed by atoms with Crippen LogP contribution in [0.3, 0.4) is 0 Å². The summed E-state index contributed by atoms with van der Waals surface area (Å²) >= 11 is 11.4. The Morgan fingerprint density at radius 3 is 2.91 bits per heavy atom. The van der Waals surface area contributed by atoms with E-state index >= 15 is 0 Å². The van der Waals surface area contributed by atoms with Crippen LogP contribution in [0.5, 0.6) is 0 Å². The number of pyridine rings is 1. The van der Waals surface area contributed by atoms with E-state index in [2.05, 4.69) is 42.7 Å². The summed E-state index contributed by atoms with van der Waals surface area (Å²) in [6, 6.07) is 9.38. The second kappa shape index (κ2) is 11.7. The van der Waals surface area contributed by atoms with Crippen LogP contribution in [0.2, 0.25) is 5.02 Å². The van der Waals surface area contributed by atoms with Crippen LogP contribution in [0, 0.1) is 10.5 Å². The van der Waals surface area contributed by atoms with Crippen molar-refractivity contribution in [3.63, 3.8) is 0 Å². The Bertz CT molecular complexity index is 1250. The molecule has 1 saturated heterocycles. The standard InChI is InChI=1S/C24H27ClFN7OS/c1-32-8-2-9-33(12-11-32)10-6-23(34)29-22-14-17(5-7-27-22)28-21-15-20(30-31-24(21)35)18-13-16(25)3-4-19(18)26/h3-5,7,13-15H,2,6,8-12H2,1H3,(H,31,35)(H2,27,28,29,30,34). The van der Waals surface area contributed by atoms with Crippen LogP contribution >= 0.6 is 23.8 Å². The molecular formula is C24H27ClFN7OS. The maximum Gasteiger partial charge on any atom is 0.226 e. The van der Waals surface area contributed by atoms with Crippen LogP contribution in [0.4, 0.5) is 21.6 Å². The van der Waals surface area contributed by atoms with Crippen molar-refractivity contribution in [2.75, 3.05) is 50.4 Å². The fourth-order valence-electron chi connectivity index (χ4n) is 3.85. The number of carbonyl (C=O) groups is 1. The average Bonchev–Trinajstić information content (AvgIpc) is 3.05. The minimum Gasteiger partial charge on any atom is -0.353 e. The summed E-state index contributed by atoms with van der Waals surface area (Å²) in [5.74, 6) is -0.104. The molecule has 184 valence electrons. The molecule has 1 aliphatic heterocycles. The number of benzene rings is 1. The van der Waals surface area contributed by atoms with Gasteiger partial charge < -0.3 is 20.4 Å². The summed E-state index contributed by atoms with van der Waals surface area (Å²) in [6.45, 7) is 4.78. The third kappa shape index (κ3) is 7.04. The summed E-state index contributed by atoms with van der Waals surface area (Å²) in [7, 11) is 2.12. The minimum atomic E-state index is -0.445. The number of anilines is 3. The Morgan fingerprint density at radius 2 is 2.06 bits per heavy atom. The molecule has 3 N–H and O–H groups in total. The topological polar surface area (TPSA) is 89.2 Å². The van der Waals surface area contributed by atoms with E-state index in [1.165, 1.54) is 18.2 Å². The van der Waals surface area contributed by atoms with Crippen LogP contribution in [0.15, 0.2) is 42.6 Å². The number of nitrogens with zero attached hydrogens (tertiary/aromatic N) is 4. The summed E-state index contributed by atoms with van der Waals surface area (Å²) in [6.07, 6.45) is 3.09. The van der Waals surface area contributed by atoms with Gasteiger partial charge in [-0.3, -0.25) is 9.89 Å². The van der Waals surface area contributed by atoms with Crippen LogP contribution in [0.1, 0.15) is 12.8 Å². The molecule has 1 aliphatic rings. The lowest BCUT2D eigenvalue weighted by Gasteiger charge is -2.19. The van der Waals surface area contributed by atoms with E-state index in [-0.39, 0.29) is 11.5 Å². The highest BCUT2D eigenvalue weighted by atomic mass is 35.5. The van der Waals surface area contributed by atoms with Crippen LogP contribution in [-0.2, 0) is 4.79 Å². The van der Waals surface area contributed by atoms with Gasteiger partial charge in [-0.1, -0.05) is 23.8 Å². The molecule has 0 bridgehead atoms. The van der Waals surface area contributed by atoms with Crippen molar-refractivity contribution < 1.29 is 9.18 Å². The minimum absolute atomic E-state index is 0.0906. The van der Waals surface area contributed by atoms with Crippen molar-refractivity contribution in [1.29, 1.82) is 0 Å². The Kier molecular flexibility index (Phi) is 8.40. The Labute approximate surface area is 213 Å². The van der Waals surface area contributed by atoms with E-state index in [0.717, 1.165) is 32.6 Å². The van der Waals surface area contributed by atoms with Crippen molar-refractivity contribution in [2.45, 2.75) is 12.8 Å². The highest BCUT2D eigenvalue weighted by Gasteiger charge is 2.14. The molecule has 4 rings (SSSR count). The molecule has 2 aromatic heterocycles. The van der Waals surface area contributed by atoms with Crippen LogP contribution in [0.25, 0.3) is 11.3 Å². The number of amides is 1. The molecule has 8 nitrogen and oxygen atoms in total. The number of aromatic nitrogens is 3. The largest absolute Gasteiger partial charge is 0.353 e. The molecule has 0 spiro atoms. The molecule has 35 heavy (non-hydrogen) atoms. The molecule has 11 heteroatoms. The number of H-pyrrole nitrogens is 1. The molecule has 3 aromatic rings. The lowest BCUT2D eigenvalue weighted by Crippen LogP contribution is -2.31. The smallest absolute Gasteiger partial charge is 0.226 e. The zero-order chi connectivity index (χ0) is 24.8. The predicted octanol–water partition coefficient (Wildman–Crippen LogP) is 4.70. The SMILES string of the molecule is CN1CCCN(CCC(=O)Nc2cc(Nc3cc(-c4cc(Cl)ccc4F)n[nH]c3=S)ccn2)CC1. The van der Waals surface area contributed by atoms with Crippen molar-refractivity contribution in [1.82, 2.24) is 25.0 Å². The Morgan fingerprint density at radius 1 is 1.20 bits per heavy atom. The lowest BCUT2D eigenvalue weighted by atomic mass is 10.1. The summed E-state index contributed by atoms with van der Waals surface area (Å²) in [5, 5.41) is 13.3. The third-order valence-electron chi connectivity index (χ3n) is 5.78. The van der Waals surface area contributed by atoms with E-state index in [4.69, 9.17) is 23.8 Å². The van der Waals surface area contributed by atoms with Gasteiger partial charge in [-0.15, -0.1) is 0 Å². The number of aromatic amines is 1. The van der Waals surface area contributed by atoms with Gasteiger partial charge in [0.1, 0.15) is 16.3 Å². The molecule has 0 aliphatic carbocycles. The fraction of sp³-hybridized carbons (Fsp3) is 0.333. The first-order valence-corrected chi connectivity index (χ1v) is 12.1. The number of hydrogen-bond acceptors (Lipinski definition) is 7. The predicted molar refractivity (Wildman–Crippen MR) is 139 cm³/mol. The maximum absolute atomic E-state index is 14.3. The second-order valence-corrected chi connectivity index (χ2v) is 9.32. The number of carbonyl (C=O) groups excluding carboxylic acids is 1. The Hall–Kier alpha value is -2.92. The monoisotopic (exact) mass is 515 g/mol. The highest BCUT2D eigenvalue weighted by molar-refractivity contribution is 7.71. The molecule has 0 atom stereocenters. The quantitative estimate of drug-likeness (QED) is 0.393. The van der Waals surface area contributed by atoms with Crippen molar-refractivity contribution >= 4 is 46.9 Å². The number of halogens is 2. The van der Waals surface area contributed by atoms with Crippen LogP contribution in [-0.4, -0.2) is 70.7 Å². The van der Waals surface area contributed by atoms with Crippen molar-refractivity contribution in [3.05, 3.63) is 58.1 Å². The summed E-state index contributed by atoms with van der Waals surface area (Å²) in [4.78, 5) is 21.4. The molecular weight excluding hydrogens is 489 g/mol. The van der Waals surface area contributed by atoms with Gasteiger partial charge in [0.15, 0.2) is 0 Å². The van der Waals surface area contributed by atoms with Gasteiger partial charge in [-0.25, -0.2) is 9.37 Å². The lowest BCUT2D eigenvalue weighted by molar-refractivity contribution is -0.116. The summed E-state index contributed by atoms with van der Waals surface area (Å²) < 4.78 is 14.6. The van der Waals surface area contributed by atoms with E-state index in [1.54, 1.807) is 24.4 Å². The molecule has 0 radical (unpaired) electrons. The average molecular weight is 516 g/mol. The Balaban J connectivity index is 1.41. The first kappa shape index (κ1) is 25.2. The summed E-state index contributed by atoms with van der Waals surface area (Å²) in [5.41, 5.74) is 1.79. The van der Waals surface area contributed by atoms with E-state index in [1.807, 2.05) is 0 Å². The van der Waals surface area contributed by atoms with E-state index in [0.29, 0.717) is 45.5 Å². The number of likely N-dealkylation sites (N-methyl/N-ethyl adjacent to an activating group) is 1. The first-order chi connectivity index (χ1) is 16.9.